The lowest BCUT2D eigenvalue weighted by atomic mass is 10.1. The van der Waals surface area contributed by atoms with E-state index in [9.17, 15) is 0 Å². The zero-order valence-electron chi connectivity index (χ0n) is 9.99. The van der Waals surface area contributed by atoms with Gasteiger partial charge in [0.1, 0.15) is 5.75 Å². The molecule has 0 fully saturated rings. The van der Waals surface area contributed by atoms with Crippen LogP contribution in [-0.4, -0.2) is 18.5 Å². The number of para-hydroxylation sites is 1. The zero-order valence-corrected chi connectivity index (χ0v) is 9.99. The van der Waals surface area contributed by atoms with Gasteiger partial charge in [0, 0.05) is 37.7 Å². The molecule has 3 heteroatoms. The summed E-state index contributed by atoms with van der Waals surface area (Å²) >= 11 is 0. The third-order valence-electron chi connectivity index (χ3n) is 2.46. The Morgan fingerprint density at radius 3 is 3.00 bits per heavy atom. The topological polar surface area (TPSA) is 30.8 Å². The normalized spacial score (nSPS) is 18.2. The van der Waals surface area contributed by atoms with Gasteiger partial charge >= 0.3 is 0 Å². The summed E-state index contributed by atoms with van der Waals surface area (Å²) in [6.07, 6.45) is 1.86. The molecular formula is C13H17NO2. The highest BCUT2D eigenvalue weighted by Gasteiger charge is 2.28. The first-order chi connectivity index (χ1) is 7.62. The van der Waals surface area contributed by atoms with Gasteiger partial charge in [-0.2, -0.15) is 0 Å². The first-order valence-electron chi connectivity index (χ1n) is 5.57. The molecule has 1 heterocycles. The zero-order chi connectivity index (χ0) is 11.6. The number of nitrogens with zero attached hydrogens (tertiary/aromatic N) is 1. The first kappa shape index (κ1) is 11.1. The van der Waals surface area contributed by atoms with Crippen molar-refractivity contribution >= 4 is 6.21 Å². The molecule has 0 amide bonds. The van der Waals surface area contributed by atoms with Crippen LogP contribution in [0.1, 0.15) is 31.9 Å². The van der Waals surface area contributed by atoms with E-state index < -0.39 is 5.79 Å². The maximum atomic E-state index is 5.83. The fourth-order valence-electron chi connectivity index (χ4n) is 1.66. The average molecular weight is 219 g/mol. The van der Waals surface area contributed by atoms with Crippen molar-refractivity contribution in [1.29, 1.82) is 0 Å². The molecule has 0 spiro atoms. The number of aliphatic imine (C=N–C) groups is 1. The molecule has 1 aliphatic rings. The summed E-state index contributed by atoms with van der Waals surface area (Å²) in [5, 5.41) is 0. The van der Waals surface area contributed by atoms with Crippen LogP contribution in [-0.2, 0) is 11.3 Å². The molecule has 0 saturated carbocycles. The van der Waals surface area contributed by atoms with Crippen LogP contribution < -0.4 is 4.74 Å². The van der Waals surface area contributed by atoms with Crippen molar-refractivity contribution in [2.75, 3.05) is 6.54 Å². The summed E-state index contributed by atoms with van der Waals surface area (Å²) in [4.78, 5) is 4.25. The van der Waals surface area contributed by atoms with Crippen molar-refractivity contribution in [3.8, 4) is 5.75 Å². The molecule has 0 unspecified atom stereocenters. The molecule has 1 aromatic rings. The van der Waals surface area contributed by atoms with Crippen LogP contribution in [0, 0.1) is 0 Å². The molecule has 0 aliphatic carbocycles. The van der Waals surface area contributed by atoms with Crippen LogP contribution >= 0.6 is 0 Å². The van der Waals surface area contributed by atoms with E-state index in [0.717, 1.165) is 23.4 Å². The number of hydrogen-bond acceptors (Lipinski definition) is 3. The number of hydrogen-bond donors (Lipinski definition) is 0. The quantitative estimate of drug-likeness (QED) is 0.716. The van der Waals surface area contributed by atoms with Gasteiger partial charge in [0.15, 0.2) is 0 Å². The fourth-order valence-corrected chi connectivity index (χ4v) is 1.66. The predicted molar refractivity (Wildman–Crippen MR) is 64.1 cm³/mol. The van der Waals surface area contributed by atoms with Crippen LogP contribution in [0.3, 0.4) is 0 Å². The third kappa shape index (κ3) is 2.25. The van der Waals surface area contributed by atoms with Gasteiger partial charge in [0.2, 0.25) is 5.79 Å². The third-order valence-corrected chi connectivity index (χ3v) is 2.46. The minimum Gasteiger partial charge on any atom is -0.462 e. The number of benzene rings is 1. The largest absolute Gasteiger partial charge is 0.462 e. The summed E-state index contributed by atoms with van der Waals surface area (Å²) in [6.45, 7) is 7.23. The molecule has 3 nitrogen and oxygen atoms in total. The summed E-state index contributed by atoms with van der Waals surface area (Å²) < 4.78 is 11.4. The number of ether oxygens (including phenoxy) is 2. The van der Waals surface area contributed by atoms with Gasteiger partial charge in [0.25, 0.3) is 0 Å². The second kappa shape index (κ2) is 4.26. The van der Waals surface area contributed by atoms with Crippen molar-refractivity contribution < 1.29 is 9.47 Å². The van der Waals surface area contributed by atoms with Crippen LogP contribution in [0.15, 0.2) is 23.2 Å². The van der Waals surface area contributed by atoms with E-state index in [1.54, 1.807) is 0 Å². The van der Waals surface area contributed by atoms with Crippen molar-refractivity contribution in [3.05, 3.63) is 29.3 Å². The Morgan fingerprint density at radius 1 is 1.44 bits per heavy atom. The second-order valence-electron chi connectivity index (χ2n) is 4.25. The van der Waals surface area contributed by atoms with Gasteiger partial charge in [0.05, 0.1) is 6.61 Å². The lowest BCUT2D eigenvalue weighted by Crippen LogP contribution is -2.35. The Morgan fingerprint density at radius 2 is 2.25 bits per heavy atom. The molecule has 1 aromatic carbocycles. The van der Waals surface area contributed by atoms with Gasteiger partial charge in [-0.1, -0.05) is 12.1 Å². The summed E-state index contributed by atoms with van der Waals surface area (Å²) in [7, 11) is 0. The molecule has 0 aromatic heterocycles. The Kier molecular flexibility index (Phi) is 2.97. The summed E-state index contributed by atoms with van der Waals surface area (Å²) in [5.74, 6) is 0.347. The molecule has 0 bridgehead atoms. The molecule has 2 rings (SSSR count). The van der Waals surface area contributed by atoms with E-state index in [0.29, 0.717) is 6.61 Å². The van der Waals surface area contributed by atoms with Crippen LogP contribution in [0.25, 0.3) is 0 Å². The van der Waals surface area contributed by atoms with E-state index in [1.165, 1.54) is 0 Å². The molecule has 0 N–H and O–H groups in total. The number of fused-ring (bicyclic) bond motifs is 1. The standard InChI is InChI=1S/C13H17NO2/c1-4-14-8-10-6-5-7-11-9-15-13(2,3)16-12(10)11/h5-8H,4,9H2,1-3H3. The van der Waals surface area contributed by atoms with Gasteiger partial charge in [-0.05, 0) is 13.0 Å². The highest BCUT2D eigenvalue weighted by atomic mass is 16.7. The van der Waals surface area contributed by atoms with Crippen molar-refractivity contribution in [3.63, 3.8) is 0 Å². The Bertz CT molecular complexity index is 410. The minimum atomic E-state index is -0.552. The molecule has 86 valence electrons. The van der Waals surface area contributed by atoms with Crippen LogP contribution in [0.4, 0.5) is 0 Å². The van der Waals surface area contributed by atoms with E-state index >= 15 is 0 Å². The van der Waals surface area contributed by atoms with E-state index in [1.807, 2.05) is 45.2 Å². The predicted octanol–water partition coefficient (Wildman–Crippen LogP) is 2.77. The first-order valence-corrected chi connectivity index (χ1v) is 5.57. The van der Waals surface area contributed by atoms with Gasteiger partial charge < -0.3 is 9.47 Å². The molecule has 16 heavy (non-hydrogen) atoms. The maximum absolute atomic E-state index is 5.83. The Labute approximate surface area is 96.1 Å². The van der Waals surface area contributed by atoms with Crippen LogP contribution in [0.2, 0.25) is 0 Å². The fraction of sp³-hybridized carbons (Fsp3) is 0.462. The van der Waals surface area contributed by atoms with E-state index in [2.05, 4.69) is 4.99 Å². The lowest BCUT2D eigenvalue weighted by Gasteiger charge is -2.33. The van der Waals surface area contributed by atoms with Crippen molar-refractivity contribution in [1.82, 2.24) is 0 Å². The monoisotopic (exact) mass is 219 g/mol. The highest BCUT2D eigenvalue weighted by Crippen LogP contribution is 2.33. The SMILES string of the molecule is CCN=Cc1cccc2c1OC(C)(C)OC2. The van der Waals surface area contributed by atoms with Gasteiger partial charge in [-0.15, -0.1) is 0 Å². The smallest absolute Gasteiger partial charge is 0.205 e. The summed E-state index contributed by atoms with van der Waals surface area (Å²) in [6, 6.07) is 6.04. The Hall–Kier alpha value is -1.35. The van der Waals surface area contributed by atoms with Crippen molar-refractivity contribution in [2.24, 2.45) is 4.99 Å². The maximum Gasteiger partial charge on any atom is 0.205 e. The second-order valence-corrected chi connectivity index (χ2v) is 4.25. The molecule has 0 radical (unpaired) electrons. The van der Waals surface area contributed by atoms with E-state index in [4.69, 9.17) is 9.47 Å². The van der Waals surface area contributed by atoms with Gasteiger partial charge in [-0.3, -0.25) is 4.99 Å². The summed E-state index contributed by atoms with van der Waals surface area (Å²) in [5.41, 5.74) is 2.11. The minimum absolute atomic E-state index is 0.552. The molecular weight excluding hydrogens is 202 g/mol. The lowest BCUT2D eigenvalue weighted by molar-refractivity contribution is -0.180. The molecule has 0 atom stereocenters. The molecule has 0 saturated heterocycles. The average Bonchev–Trinajstić information content (AvgIpc) is 2.25. The van der Waals surface area contributed by atoms with Gasteiger partial charge in [-0.25, -0.2) is 0 Å². The van der Waals surface area contributed by atoms with Crippen molar-refractivity contribution in [2.45, 2.75) is 33.2 Å². The molecule has 1 aliphatic heterocycles. The van der Waals surface area contributed by atoms with Crippen LogP contribution in [0.5, 0.6) is 5.75 Å². The highest BCUT2D eigenvalue weighted by molar-refractivity contribution is 5.84. The van der Waals surface area contributed by atoms with E-state index in [-0.39, 0.29) is 0 Å². The number of rotatable bonds is 2. The Balaban J connectivity index is 2.38.